The Labute approximate surface area is 180 Å². The molecular formula is C25H26N2O4. The lowest BCUT2D eigenvalue weighted by atomic mass is 9.85. The average Bonchev–Trinajstić information content (AvgIpc) is 3.21. The molecule has 2 fully saturated rings. The molecule has 0 spiro atoms. The molecule has 6 heteroatoms. The molecule has 1 saturated heterocycles. The summed E-state index contributed by atoms with van der Waals surface area (Å²) in [6, 6.07) is 14.3. The first-order chi connectivity index (χ1) is 15.1. The van der Waals surface area contributed by atoms with Crippen molar-refractivity contribution in [3.63, 3.8) is 0 Å². The van der Waals surface area contributed by atoms with Crippen molar-refractivity contribution in [2.24, 2.45) is 5.92 Å². The molecule has 2 heterocycles. The van der Waals surface area contributed by atoms with E-state index in [4.69, 9.17) is 4.74 Å². The van der Waals surface area contributed by atoms with E-state index in [1.165, 1.54) is 7.11 Å². The number of para-hydroxylation sites is 2. The molecule has 1 aromatic heterocycles. The van der Waals surface area contributed by atoms with Gasteiger partial charge in [-0.1, -0.05) is 37.1 Å². The second-order valence-electron chi connectivity index (χ2n) is 8.64. The van der Waals surface area contributed by atoms with Crippen LogP contribution in [0.4, 0.5) is 0 Å². The van der Waals surface area contributed by atoms with Crippen LogP contribution >= 0.6 is 0 Å². The third-order valence-corrected chi connectivity index (χ3v) is 7.02. The van der Waals surface area contributed by atoms with E-state index < -0.39 is 6.04 Å². The van der Waals surface area contributed by atoms with E-state index in [1.54, 1.807) is 17.0 Å². The van der Waals surface area contributed by atoms with E-state index in [2.05, 4.69) is 0 Å². The van der Waals surface area contributed by atoms with Crippen molar-refractivity contribution in [3.8, 4) is 0 Å². The number of likely N-dealkylation sites (tertiary alicyclic amines) is 1. The van der Waals surface area contributed by atoms with Crippen LogP contribution in [0.3, 0.4) is 0 Å². The maximum absolute atomic E-state index is 13.7. The van der Waals surface area contributed by atoms with Gasteiger partial charge in [-0.05, 0) is 49.4 Å². The predicted octanol–water partition coefficient (Wildman–Crippen LogP) is 3.49. The summed E-state index contributed by atoms with van der Waals surface area (Å²) in [7, 11) is 1.38. The Kier molecular flexibility index (Phi) is 5.00. The fourth-order valence-electron chi connectivity index (χ4n) is 5.63. The van der Waals surface area contributed by atoms with Crippen molar-refractivity contribution in [2.75, 3.05) is 7.11 Å². The van der Waals surface area contributed by atoms with E-state index in [0.717, 1.165) is 36.7 Å². The quantitative estimate of drug-likeness (QED) is 0.482. The second-order valence-corrected chi connectivity index (χ2v) is 8.64. The Hall–Kier alpha value is -3.15. The van der Waals surface area contributed by atoms with E-state index in [0.29, 0.717) is 23.1 Å². The van der Waals surface area contributed by atoms with Crippen LogP contribution in [0.5, 0.6) is 0 Å². The summed E-state index contributed by atoms with van der Waals surface area (Å²) in [5, 5.41) is 1.19. The van der Waals surface area contributed by atoms with E-state index in [9.17, 15) is 14.4 Å². The monoisotopic (exact) mass is 418 g/mol. The number of carbonyl (C=O) groups excluding carboxylic acids is 2. The fourth-order valence-corrected chi connectivity index (χ4v) is 5.63. The fraction of sp³-hybridized carbons (Fsp3) is 0.400. The van der Waals surface area contributed by atoms with Crippen molar-refractivity contribution in [3.05, 3.63) is 58.8 Å². The van der Waals surface area contributed by atoms with Crippen molar-refractivity contribution in [1.82, 2.24) is 9.47 Å². The van der Waals surface area contributed by atoms with Gasteiger partial charge in [-0.3, -0.25) is 9.59 Å². The lowest BCUT2D eigenvalue weighted by Crippen LogP contribution is -2.48. The standard InChI is InChI=1S/C25H26N2O4/c1-31-25(30)22-14-16-8-2-5-11-19(16)27(22)23(28)15-26-20-12-6-3-9-17(20)24(29)18-10-4-7-13-21(18)26/h3-4,6-7,9-10,12-13,16,19,22H,2,5,8,11,14-15H2,1H3/t16-,19+,22-/m0/s1. The molecule has 3 atom stereocenters. The van der Waals surface area contributed by atoms with Gasteiger partial charge in [-0.25, -0.2) is 4.79 Å². The Morgan fingerprint density at radius 1 is 0.968 bits per heavy atom. The minimum absolute atomic E-state index is 0.0316. The zero-order chi connectivity index (χ0) is 21.5. The third kappa shape index (κ3) is 3.21. The summed E-state index contributed by atoms with van der Waals surface area (Å²) in [6.07, 6.45) is 4.87. The van der Waals surface area contributed by atoms with Crippen LogP contribution in [-0.4, -0.2) is 40.5 Å². The van der Waals surface area contributed by atoms with Crippen LogP contribution in [0.2, 0.25) is 0 Å². The normalized spacial score (nSPS) is 23.1. The van der Waals surface area contributed by atoms with E-state index in [-0.39, 0.29) is 29.9 Å². The maximum Gasteiger partial charge on any atom is 0.328 e. The summed E-state index contributed by atoms with van der Waals surface area (Å²) < 4.78 is 6.96. The maximum atomic E-state index is 13.7. The summed E-state index contributed by atoms with van der Waals surface area (Å²) in [4.78, 5) is 41.0. The van der Waals surface area contributed by atoms with Gasteiger partial charge in [0.1, 0.15) is 12.6 Å². The lowest BCUT2D eigenvalue weighted by molar-refractivity contribution is -0.152. The lowest BCUT2D eigenvalue weighted by Gasteiger charge is -2.33. The first-order valence-electron chi connectivity index (χ1n) is 11.0. The number of hydrogen-bond donors (Lipinski definition) is 0. The van der Waals surface area contributed by atoms with Gasteiger partial charge in [0.25, 0.3) is 0 Å². The number of benzene rings is 2. The summed E-state index contributed by atoms with van der Waals surface area (Å²) in [6.45, 7) is 0.0814. The SMILES string of the molecule is COC(=O)[C@@H]1C[C@@H]2CCCC[C@H]2N1C(=O)Cn1c2ccccc2c(=O)c2ccccc21. The van der Waals surface area contributed by atoms with Gasteiger partial charge >= 0.3 is 5.97 Å². The molecule has 0 N–H and O–H groups in total. The number of carbonyl (C=O) groups is 2. The number of methoxy groups -OCH3 is 1. The van der Waals surface area contributed by atoms with Crippen molar-refractivity contribution < 1.29 is 14.3 Å². The summed E-state index contributed by atoms with van der Waals surface area (Å²) >= 11 is 0. The van der Waals surface area contributed by atoms with Crippen LogP contribution in [0.1, 0.15) is 32.1 Å². The van der Waals surface area contributed by atoms with Crippen molar-refractivity contribution in [1.29, 1.82) is 0 Å². The zero-order valence-electron chi connectivity index (χ0n) is 17.6. The van der Waals surface area contributed by atoms with Crippen LogP contribution in [0.15, 0.2) is 53.3 Å². The van der Waals surface area contributed by atoms with Gasteiger partial charge < -0.3 is 14.2 Å². The summed E-state index contributed by atoms with van der Waals surface area (Å²) in [5.41, 5.74) is 1.43. The number of esters is 1. The minimum atomic E-state index is -0.525. The smallest absolute Gasteiger partial charge is 0.328 e. The average molecular weight is 418 g/mol. The molecule has 3 aromatic rings. The number of ether oxygens (including phenoxy) is 1. The number of fused-ring (bicyclic) bond motifs is 3. The number of hydrogen-bond acceptors (Lipinski definition) is 4. The molecular weight excluding hydrogens is 392 g/mol. The number of aromatic nitrogens is 1. The molecule has 2 aromatic carbocycles. The molecule has 5 rings (SSSR count). The molecule has 160 valence electrons. The van der Waals surface area contributed by atoms with E-state index >= 15 is 0 Å². The first-order valence-corrected chi connectivity index (χ1v) is 11.0. The molecule has 6 nitrogen and oxygen atoms in total. The van der Waals surface area contributed by atoms with Gasteiger partial charge in [0.15, 0.2) is 5.43 Å². The molecule has 31 heavy (non-hydrogen) atoms. The molecule has 1 aliphatic carbocycles. The van der Waals surface area contributed by atoms with Crippen LogP contribution in [-0.2, 0) is 20.9 Å². The van der Waals surface area contributed by atoms with Crippen LogP contribution in [0, 0.1) is 5.92 Å². The third-order valence-electron chi connectivity index (χ3n) is 7.02. The van der Waals surface area contributed by atoms with Crippen LogP contribution in [0.25, 0.3) is 21.8 Å². The zero-order valence-corrected chi connectivity index (χ0v) is 17.6. The molecule has 2 aliphatic rings. The number of nitrogens with zero attached hydrogens (tertiary/aromatic N) is 2. The number of amides is 1. The van der Waals surface area contributed by atoms with Gasteiger partial charge in [0.05, 0.1) is 18.1 Å². The highest BCUT2D eigenvalue weighted by atomic mass is 16.5. The first kappa shape index (κ1) is 19.8. The highest BCUT2D eigenvalue weighted by Gasteiger charge is 2.47. The van der Waals surface area contributed by atoms with E-state index in [1.807, 2.05) is 41.0 Å². The molecule has 0 radical (unpaired) electrons. The minimum Gasteiger partial charge on any atom is -0.467 e. The van der Waals surface area contributed by atoms with Gasteiger partial charge in [-0.15, -0.1) is 0 Å². The van der Waals surface area contributed by atoms with Crippen molar-refractivity contribution >= 4 is 33.7 Å². The molecule has 1 aliphatic heterocycles. The molecule has 0 bridgehead atoms. The molecule has 0 unspecified atom stereocenters. The molecule has 1 saturated carbocycles. The largest absolute Gasteiger partial charge is 0.467 e. The topological polar surface area (TPSA) is 68.6 Å². The Morgan fingerprint density at radius 3 is 2.23 bits per heavy atom. The van der Waals surface area contributed by atoms with Gasteiger partial charge in [-0.2, -0.15) is 0 Å². The Bertz CT molecular complexity index is 1170. The summed E-state index contributed by atoms with van der Waals surface area (Å²) in [5.74, 6) is -0.0783. The van der Waals surface area contributed by atoms with Gasteiger partial charge in [0, 0.05) is 16.8 Å². The van der Waals surface area contributed by atoms with Gasteiger partial charge in [0.2, 0.25) is 5.91 Å². The molecule has 1 amide bonds. The second kappa shape index (κ2) is 7.84. The Morgan fingerprint density at radius 2 is 1.58 bits per heavy atom. The highest BCUT2D eigenvalue weighted by Crippen LogP contribution is 2.40. The highest BCUT2D eigenvalue weighted by molar-refractivity contribution is 5.95. The number of rotatable bonds is 3. The van der Waals surface area contributed by atoms with Crippen LogP contribution < -0.4 is 5.43 Å². The van der Waals surface area contributed by atoms with Crippen molar-refractivity contribution in [2.45, 2.75) is 50.7 Å². The Balaban J connectivity index is 1.60. The predicted molar refractivity (Wildman–Crippen MR) is 119 cm³/mol. The number of pyridine rings is 1.